The molecule has 1 heterocycles. The fourth-order valence-corrected chi connectivity index (χ4v) is 1.91. The van der Waals surface area contributed by atoms with Gasteiger partial charge in [-0.1, -0.05) is 0 Å². The van der Waals surface area contributed by atoms with E-state index in [2.05, 4.69) is 5.32 Å². The fraction of sp³-hybridized carbons (Fsp3) is 0.364. The van der Waals surface area contributed by atoms with Crippen LogP contribution < -0.4 is 16.0 Å². The molecule has 0 radical (unpaired) electrons. The summed E-state index contributed by atoms with van der Waals surface area (Å²) in [6, 6.07) is 2.14. The van der Waals surface area contributed by atoms with Gasteiger partial charge in [0.15, 0.2) is 5.82 Å². The third-order valence-corrected chi connectivity index (χ3v) is 2.77. The molecule has 1 aliphatic rings. The van der Waals surface area contributed by atoms with Gasteiger partial charge in [-0.15, -0.1) is 0 Å². The maximum absolute atomic E-state index is 14.0. The lowest BCUT2D eigenvalue weighted by Gasteiger charge is -2.30. The molecule has 0 bridgehead atoms. The third-order valence-electron chi connectivity index (χ3n) is 2.77. The Morgan fingerprint density at radius 1 is 1.29 bits per heavy atom. The number of carbonyl (C=O) groups is 1. The minimum absolute atomic E-state index is 0.164. The molecular weight excluding hydrogens is 228 g/mol. The van der Waals surface area contributed by atoms with E-state index in [4.69, 9.17) is 5.73 Å². The molecule has 3 N–H and O–H groups in total. The van der Waals surface area contributed by atoms with Crippen molar-refractivity contribution in [2.45, 2.75) is 0 Å². The van der Waals surface area contributed by atoms with Crippen LogP contribution in [-0.4, -0.2) is 32.1 Å². The van der Waals surface area contributed by atoms with Crippen molar-refractivity contribution < 1.29 is 13.6 Å². The van der Waals surface area contributed by atoms with Gasteiger partial charge in [0, 0.05) is 26.2 Å². The van der Waals surface area contributed by atoms with Crippen LogP contribution in [0.3, 0.4) is 0 Å². The summed E-state index contributed by atoms with van der Waals surface area (Å²) in [4.78, 5) is 12.6. The predicted molar refractivity (Wildman–Crippen MR) is 60.0 cm³/mol. The van der Waals surface area contributed by atoms with Crippen LogP contribution in [0.5, 0.6) is 0 Å². The molecule has 0 atom stereocenters. The van der Waals surface area contributed by atoms with E-state index in [9.17, 15) is 13.6 Å². The smallest absolute Gasteiger partial charge is 0.251 e. The molecule has 1 aliphatic heterocycles. The Kier molecular flexibility index (Phi) is 3.23. The quantitative estimate of drug-likeness (QED) is 0.791. The lowest BCUT2D eigenvalue weighted by Crippen LogP contribution is -2.44. The van der Waals surface area contributed by atoms with E-state index >= 15 is 0 Å². The van der Waals surface area contributed by atoms with Crippen LogP contribution in [0.4, 0.5) is 14.5 Å². The second-order valence-electron chi connectivity index (χ2n) is 3.86. The Bertz CT molecular complexity index is 445. The molecule has 17 heavy (non-hydrogen) atoms. The molecule has 92 valence electrons. The van der Waals surface area contributed by atoms with Crippen molar-refractivity contribution >= 4 is 11.6 Å². The monoisotopic (exact) mass is 241 g/mol. The van der Waals surface area contributed by atoms with Crippen molar-refractivity contribution in [3.05, 3.63) is 29.3 Å². The van der Waals surface area contributed by atoms with Crippen LogP contribution in [0.15, 0.2) is 12.1 Å². The molecule has 0 aliphatic carbocycles. The molecule has 0 spiro atoms. The lowest BCUT2D eigenvalue weighted by molar-refractivity contribution is 0.0996. The van der Waals surface area contributed by atoms with Gasteiger partial charge in [0.1, 0.15) is 11.5 Å². The van der Waals surface area contributed by atoms with Crippen molar-refractivity contribution in [3.63, 3.8) is 0 Å². The molecule has 1 saturated heterocycles. The molecule has 0 unspecified atom stereocenters. The number of hydrogen-bond donors (Lipinski definition) is 2. The van der Waals surface area contributed by atoms with Gasteiger partial charge >= 0.3 is 0 Å². The number of halogens is 2. The molecule has 0 aromatic heterocycles. The zero-order valence-corrected chi connectivity index (χ0v) is 9.17. The predicted octanol–water partition coefficient (Wildman–Crippen LogP) is 0.473. The van der Waals surface area contributed by atoms with Crippen LogP contribution >= 0.6 is 0 Å². The van der Waals surface area contributed by atoms with Gasteiger partial charge in [0.05, 0.1) is 5.56 Å². The van der Waals surface area contributed by atoms with Gasteiger partial charge in [0.25, 0.3) is 5.91 Å². The maximum Gasteiger partial charge on any atom is 0.251 e. The first kappa shape index (κ1) is 11.8. The van der Waals surface area contributed by atoms with Gasteiger partial charge in [-0.3, -0.25) is 4.79 Å². The highest BCUT2D eigenvalue weighted by Crippen LogP contribution is 2.26. The number of primary amides is 1. The SMILES string of the molecule is NC(=O)c1ccc(F)c(N2CCNCC2)c1F. The second kappa shape index (κ2) is 4.67. The average molecular weight is 241 g/mol. The van der Waals surface area contributed by atoms with Crippen molar-refractivity contribution in [1.29, 1.82) is 0 Å². The average Bonchev–Trinajstić information content (AvgIpc) is 2.30. The van der Waals surface area contributed by atoms with Crippen molar-refractivity contribution in [2.75, 3.05) is 31.1 Å². The van der Waals surface area contributed by atoms with E-state index in [0.717, 1.165) is 12.1 Å². The number of hydrogen-bond acceptors (Lipinski definition) is 3. The van der Waals surface area contributed by atoms with E-state index in [1.165, 1.54) is 0 Å². The zero-order valence-electron chi connectivity index (χ0n) is 9.17. The Hall–Kier alpha value is -1.69. The Labute approximate surface area is 97.4 Å². The molecule has 4 nitrogen and oxygen atoms in total. The van der Waals surface area contributed by atoms with Crippen LogP contribution in [-0.2, 0) is 0 Å². The van der Waals surface area contributed by atoms with Gasteiger partial charge in [-0.05, 0) is 12.1 Å². The molecule has 1 fully saturated rings. The maximum atomic E-state index is 14.0. The Morgan fingerprint density at radius 2 is 1.94 bits per heavy atom. The summed E-state index contributed by atoms with van der Waals surface area (Å²) in [5.74, 6) is -2.44. The molecule has 1 amide bonds. The van der Waals surface area contributed by atoms with Gasteiger partial charge in [0.2, 0.25) is 0 Å². The summed E-state index contributed by atoms with van der Waals surface area (Å²) in [6.45, 7) is 2.30. The minimum atomic E-state index is -0.890. The van der Waals surface area contributed by atoms with Gasteiger partial charge in [-0.25, -0.2) is 8.78 Å². The van der Waals surface area contributed by atoms with Crippen LogP contribution in [0.2, 0.25) is 0 Å². The lowest BCUT2D eigenvalue weighted by atomic mass is 10.1. The van der Waals surface area contributed by atoms with Crippen LogP contribution in [0.25, 0.3) is 0 Å². The highest BCUT2D eigenvalue weighted by molar-refractivity contribution is 5.94. The van der Waals surface area contributed by atoms with Crippen LogP contribution in [0, 0.1) is 11.6 Å². The number of benzene rings is 1. The second-order valence-corrected chi connectivity index (χ2v) is 3.86. The standard InChI is InChI=1S/C11H13F2N3O/c12-8-2-1-7(11(14)17)9(13)10(8)16-5-3-15-4-6-16/h1-2,15H,3-6H2,(H2,14,17). The van der Waals surface area contributed by atoms with E-state index in [1.54, 1.807) is 4.90 Å². The van der Waals surface area contributed by atoms with Crippen LogP contribution in [0.1, 0.15) is 10.4 Å². The molecular formula is C11H13F2N3O. The number of piperazine rings is 1. The fourth-order valence-electron chi connectivity index (χ4n) is 1.91. The number of rotatable bonds is 2. The molecule has 1 aromatic rings. The number of nitrogens with two attached hydrogens (primary N) is 1. The molecule has 0 saturated carbocycles. The number of amides is 1. The summed E-state index contributed by atoms with van der Waals surface area (Å²) in [7, 11) is 0. The van der Waals surface area contributed by atoms with E-state index in [-0.39, 0.29) is 11.3 Å². The first-order valence-electron chi connectivity index (χ1n) is 5.34. The number of anilines is 1. The number of nitrogens with one attached hydrogen (secondary N) is 1. The van der Waals surface area contributed by atoms with Crippen molar-refractivity contribution in [2.24, 2.45) is 5.73 Å². The van der Waals surface area contributed by atoms with E-state index in [0.29, 0.717) is 26.2 Å². The third kappa shape index (κ3) is 2.21. The topological polar surface area (TPSA) is 58.4 Å². The summed E-state index contributed by atoms with van der Waals surface area (Å²) in [6.07, 6.45) is 0. The zero-order chi connectivity index (χ0) is 12.4. The molecule has 1 aromatic carbocycles. The highest BCUT2D eigenvalue weighted by atomic mass is 19.1. The summed E-state index contributed by atoms with van der Waals surface area (Å²) < 4.78 is 27.6. The number of nitrogens with zero attached hydrogens (tertiary/aromatic N) is 1. The Morgan fingerprint density at radius 3 is 2.53 bits per heavy atom. The Balaban J connectivity index is 2.43. The molecule has 2 rings (SSSR count). The van der Waals surface area contributed by atoms with Crippen molar-refractivity contribution in [1.82, 2.24) is 5.32 Å². The van der Waals surface area contributed by atoms with E-state index < -0.39 is 17.5 Å². The largest absolute Gasteiger partial charge is 0.366 e. The summed E-state index contributed by atoms with van der Waals surface area (Å²) >= 11 is 0. The first-order chi connectivity index (χ1) is 8.11. The highest BCUT2D eigenvalue weighted by Gasteiger charge is 2.22. The minimum Gasteiger partial charge on any atom is -0.366 e. The number of carbonyl (C=O) groups excluding carboxylic acids is 1. The summed E-state index contributed by atoms with van der Waals surface area (Å²) in [5.41, 5.74) is 4.59. The normalized spacial score (nSPS) is 16.0. The summed E-state index contributed by atoms with van der Waals surface area (Å²) in [5, 5.41) is 3.08. The molecule has 6 heteroatoms. The van der Waals surface area contributed by atoms with E-state index in [1.807, 2.05) is 0 Å². The van der Waals surface area contributed by atoms with Crippen molar-refractivity contribution in [3.8, 4) is 0 Å². The van der Waals surface area contributed by atoms with Gasteiger partial charge < -0.3 is 16.0 Å². The first-order valence-corrected chi connectivity index (χ1v) is 5.34. The van der Waals surface area contributed by atoms with Gasteiger partial charge in [-0.2, -0.15) is 0 Å².